The number of pyridine rings is 2. The second-order valence-electron chi connectivity index (χ2n) is 3.78. The third kappa shape index (κ3) is 1.60. The van der Waals surface area contributed by atoms with Crippen LogP contribution in [-0.2, 0) is 0 Å². The van der Waals surface area contributed by atoms with Crippen molar-refractivity contribution in [2.75, 3.05) is 0 Å². The van der Waals surface area contributed by atoms with Crippen LogP contribution >= 0.6 is 0 Å². The van der Waals surface area contributed by atoms with Gasteiger partial charge in [-0.15, -0.1) is 0 Å². The Balaban J connectivity index is 2.15. The lowest BCUT2D eigenvalue weighted by atomic mass is 10.1. The van der Waals surface area contributed by atoms with E-state index in [9.17, 15) is 4.39 Å². The van der Waals surface area contributed by atoms with Crippen molar-refractivity contribution in [1.82, 2.24) is 14.4 Å². The molecule has 5 heteroatoms. The quantitative estimate of drug-likeness (QED) is 0.654. The molecule has 4 nitrogen and oxygen atoms in total. The van der Waals surface area contributed by atoms with Crippen LogP contribution in [0, 0.1) is 17.1 Å². The molecule has 0 saturated heterocycles. The van der Waals surface area contributed by atoms with Gasteiger partial charge in [-0.25, -0.2) is 14.4 Å². The SMILES string of the molecule is N#Cc1ccc(-c2cc(F)c3nccn3c2)cn1. The Hall–Kier alpha value is -2.74. The number of halogens is 1. The number of nitrogens with zero attached hydrogens (tertiary/aromatic N) is 4. The van der Waals surface area contributed by atoms with Gasteiger partial charge in [0, 0.05) is 35.9 Å². The highest BCUT2D eigenvalue weighted by atomic mass is 19.1. The molecule has 3 aromatic heterocycles. The van der Waals surface area contributed by atoms with E-state index in [-0.39, 0.29) is 5.82 Å². The van der Waals surface area contributed by atoms with Crippen LogP contribution in [0.5, 0.6) is 0 Å². The standard InChI is InChI=1S/C13H7FN4/c14-12-5-10(8-18-4-3-16-13(12)18)9-1-2-11(6-15)17-7-9/h1-5,7-8H. The number of hydrogen-bond donors (Lipinski definition) is 0. The normalized spacial score (nSPS) is 10.4. The van der Waals surface area contributed by atoms with Gasteiger partial charge in [-0.3, -0.25) is 0 Å². The summed E-state index contributed by atoms with van der Waals surface area (Å²) in [7, 11) is 0. The Kier molecular flexibility index (Phi) is 2.27. The highest BCUT2D eigenvalue weighted by Gasteiger charge is 2.06. The number of nitriles is 1. The van der Waals surface area contributed by atoms with E-state index in [0.717, 1.165) is 5.56 Å². The Morgan fingerprint density at radius 2 is 2.11 bits per heavy atom. The van der Waals surface area contributed by atoms with E-state index in [4.69, 9.17) is 5.26 Å². The average molecular weight is 238 g/mol. The minimum atomic E-state index is -0.387. The Labute approximate surface area is 102 Å². The van der Waals surface area contributed by atoms with Crippen molar-refractivity contribution in [3.05, 3.63) is 54.5 Å². The van der Waals surface area contributed by atoms with Gasteiger partial charge in [0.05, 0.1) is 0 Å². The molecule has 0 radical (unpaired) electrons. The zero-order chi connectivity index (χ0) is 12.5. The molecule has 0 spiro atoms. The summed E-state index contributed by atoms with van der Waals surface area (Å²) in [6.07, 6.45) is 6.54. The van der Waals surface area contributed by atoms with Gasteiger partial charge in [0.15, 0.2) is 11.5 Å². The van der Waals surface area contributed by atoms with Crippen LogP contribution in [-0.4, -0.2) is 14.4 Å². The van der Waals surface area contributed by atoms with Crippen molar-refractivity contribution in [3.8, 4) is 17.2 Å². The molecule has 3 rings (SSSR count). The van der Waals surface area contributed by atoms with Gasteiger partial charge in [-0.1, -0.05) is 0 Å². The maximum absolute atomic E-state index is 13.8. The maximum Gasteiger partial charge on any atom is 0.173 e. The van der Waals surface area contributed by atoms with Crippen LogP contribution in [0.25, 0.3) is 16.8 Å². The molecule has 18 heavy (non-hydrogen) atoms. The molecular weight excluding hydrogens is 231 g/mol. The summed E-state index contributed by atoms with van der Waals surface area (Å²) in [6.45, 7) is 0. The lowest BCUT2D eigenvalue weighted by Gasteiger charge is -2.03. The first-order valence-electron chi connectivity index (χ1n) is 5.26. The molecule has 0 bridgehead atoms. The molecular formula is C13H7FN4. The summed E-state index contributed by atoms with van der Waals surface area (Å²) in [4.78, 5) is 7.87. The third-order valence-corrected chi connectivity index (χ3v) is 2.65. The number of aromatic nitrogens is 3. The molecule has 3 aromatic rings. The average Bonchev–Trinajstić information content (AvgIpc) is 2.88. The van der Waals surface area contributed by atoms with Gasteiger partial charge in [0.25, 0.3) is 0 Å². The first-order chi connectivity index (χ1) is 8.78. The Bertz CT molecular complexity index is 753. The summed E-state index contributed by atoms with van der Waals surface area (Å²) in [5, 5.41) is 8.67. The van der Waals surface area contributed by atoms with Crippen molar-refractivity contribution in [1.29, 1.82) is 5.26 Å². The molecule has 0 aliphatic heterocycles. The summed E-state index contributed by atoms with van der Waals surface area (Å²) >= 11 is 0. The summed E-state index contributed by atoms with van der Waals surface area (Å²) in [5.41, 5.74) is 2.07. The number of rotatable bonds is 1. The van der Waals surface area contributed by atoms with E-state index in [1.165, 1.54) is 6.07 Å². The van der Waals surface area contributed by atoms with Crippen molar-refractivity contribution in [2.45, 2.75) is 0 Å². The molecule has 3 heterocycles. The van der Waals surface area contributed by atoms with Crippen molar-refractivity contribution in [2.24, 2.45) is 0 Å². The lowest BCUT2D eigenvalue weighted by molar-refractivity contribution is 0.630. The summed E-state index contributed by atoms with van der Waals surface area (Å²) in [5.74, 6) is -0.387. The fraction of sp³-hybridized carbons (Fsp3) is 0. The molecule has 86 valence electrons. The van der Waals surface area contributed by atoms with Gasteiger partial charge in [-0.05, 0) is 18.2 Å². The molecule has 0 N–H and O–H groups in total. The van der Waals surface area contributed by atoms with Gasteiger partial charge in [0.1, 0.15) is 11.8 Å². The minimum absolute atomic E-state index is 0.292. The molecule has 0 aliphatic rings. The number of fused-ring (bicyclic) bond motifs is 1. The minimum Gasteiger partial charge on any atom is -0.304 e. The van der Waals surface area contributed by atoms with E-state index < -0.39 is 0 Å². The van der Waals surface area contributed by atoms with Crippen LogP contribution in [0.15, 0.2) is 43.0 Å². The Morgan fingerprint density at radius 3 is 2.83 bits per heavy atom. The summed E-state index contributed by atoms with van der Waals surface area (Å²) in [6, 6.07) is 6.69. The first-order valence-corrected chi connectivity index (χ1v) is 5.26. The van der Waals surface area contributed by atoms with Crippen molar-refractivity contribution >= 4 is 5.65 Å². The molecule has 0 atom stereocenters. The van der Waals surface area contributed by atoms with Crippen LogP contribution in [0.1, 0.15) is 5.69 Å². The van der Waals surface area contributed by atoms with Crippen LogP contribution in [0.3, 0.4) is 0 Å². The fourth-order valence-corrected chi connectivity index (χ4v) is 1.78. The highest BCUT2D eigenvalue weighted by Crippen LogP contribution is 2.21. The number of imidazole rings is 1. The smallest absolute Gasteiger partial charge is 0.173 e. The van der Waals surface area contributed by atoms with E-state index in [0.29, 0.717) is 16.9 Å². The predicted octanol–water partition coefficient (Wildman–Crippen LogP) is 2.41. The van der Waals surface area contributed by atoms with E-state index in [1.54, 1.807) is 41.3 Å². The zero-order valence-corrected chi connectivity index (χ0v) is 9.21. The molecule has 0 saturated carbocycles. The van der Waals surface area contributed by atoms with Gasteiger partial charge in [0.2, 0.25) is 0 Å². The van der Waals surface area contributed by atoms with Crippen LogP contribution in [0.2, 0.25) is 0 Å². The monoisotopic (exact) mass is 238 g/mol. The largest absolute Gasteiger partial charge is 0.304 e. The lowest BCUT2D eigenvalue weighted by Crippen LogP contribution is -1.91. The zero-order valence-electron chi connectivity index (χ0n) is 9.21. The first kappa shape index (κ1) is 10.4. The molecule has 0 aliphatic carbocycles. The van der Waals surface area contributed by atoms with Gasteiger partial charge < -0.3 is 4.40 Å². The van der Waals surface area contributed by atoms with Crippen molar-refractivity contribution in [3.63, 3.8) is 0 Å². The highest BCUT2D eigenvalue weighted by molar-refractivity contribution is 5.64. The second kappa shape index (κ2) is 3.93. The predicted molar refractivity (Wildman–Crippen MR) is 63.1 cm³/mol. The van der Waals surface area contributed by atoms with Crippen molar-refractivity contribution < 1.29 is 4.39 Å². The van der Waals surface area contributed by atoms with Crippen LogP contribution < -0.4 is 0 Å². The molecule has 0 aromatic carbocycles. The maximum atomic E-state index is 13.8. The number of hydrogen-bond acceptors (Lipinski definition) is 3. The third-order valence-electron chi connectivity index (χ3n) is 2.65. The topological polar surface area (TPSA) is 54.0 Å². The molecule has 0 amide bonds. The van der Waals surface area contributed by atoms with Gasteiger partial charge >= 0.3 is 0 Å². The summed E-state index contributed by atoms with van der Waals surface area (Å²) < 4.78 is 15.4. The molecule has 0 unspecified atom stereocenters. The Morgan fingerprint density at radius 1 is 1.22 bits per heavy atom. The fourth-order valence-electron chi connectivity index (χ4n) is 1.78. The molecule has 0 fully saturated rings. The second-order valence-corrected chi connectivity index (χ2v) is 3.78. The van der Waals surface area contributed by atoms with E-state index in [1.807, 2.05) is 6.07 Å². The van der Waals surface area contributed by atoms with Gasteiger partial charge in [-0.2, -0.15) is 5.26 Å². The van der Waals surface area contributed by atoms with Crippen LogP contribution in [0.4, 0.5) is 4.39 Å². The van der Waals surface area contributed by atoms with E-state index >= 15 is 0 Å². The van der Waals surface area contributed by atoms with E-state index in [2.05, 4.69) is 9.97 Å².